The molecule has 2 aromatic heterocycles. The summed E-state index contributed by atoms with van der Waals surface area (Å²) in [4.78, 5) is 26.6. The first-order chi connectivity index (χ1) is 13.3. The summed E-state index contributed by atoms with van der Waals surface area (Å²) in [6.45, 7) is -0.717. The van der Waals surface area contributed by atoms with E-state index in [4.69, 9.17) is 28.3 Å². The number of pyridine rings is 1. The molecule has 0 unspecified atom stereocenters. The summed E-state index contributed by atoms with van der Waals surface area (Å²) in [7, 11) is 0. The number of fused-ring (bicyclic) bond motifs is 1. The van der Waals surface area contributed by atoms with Gasteiger partial charge in [-0.1, -0.05) is 23.2 Å². The number of halogens is 3. The van der Waals surface area contributed by atoms with E-state index in [2.05, 4.69) is 4.98 Å². The maximum atomic E-state index is 13.2. The molecule has 0 aliphatic carbocycles. The lowest BCUT2D eigenvalue weighted by atomic mass is 10.1. The van der Waals surface area contributed by atoms with Gasteiger partial charge < -0.3 is 15.5 Å². The minimum absolute atomic E-state index is 0.0105. The Morgan fingerprint density at radius 2 is 1.93 bits per heavy atom. The van der Waals surface area contributed by atoms with Crippen molar-refractivity contribution in [3.05, 3.63) is 51.6 Å². The second-order valence-corrected chi connectivity index (χ2v) is 6.22. The standard InChI is InChI=1S/C17H9Cl2FN4O4/c18-12-11-14(24(16(12)19)8-3-1-7(20)2-4-8)9(5-21)23-13(15(11)27)17(28)22-6-10(25)26/h1-4,27H,6H2,(H,22,28)(H,25,26). The van der Waals surface area contributed by atoms with Crippen molar-refractivity contribution in [2.24, 2.45) is 0 Å². The fourth-order valence-corrected chi connectivity index (χ4v) is 3.14. The van der Waals surface area contributed by atoms with Crippen molar-refractivity contribution in [1.82, 2.24) is 14.9 Å². The van der Waals surface area contributed by atoms with Gasteiger partial charge in [0, 0.05) is 5.69 Å². The monoisotopic (exact) mass is 422 g/mol. The fourth-order valence-electron chi connectivity index (χ4n) is 2.60. The van der Waals surface area contributed by atoms with E-state index in [1.54, 1.807) is 6.07 Å². The van der Waals surface area contributed by atoms with Crippen LogP contribution in [0.3, 0.4) is 0 Å². The Morgan fingerprint density at radius 1 is 1.29 bits per heavy atom. The second kappa shape index (κ2) is 7.34. The number of nitrogens with zero attached hydrogens (tertiary/aromatic N) is 3. The van der Waals surface area contributed by atoms with E-state index in [1.165, 1.54) is 28.8 Å². The Balaban J connectivity index is 2.30. The van der Waals surface area contributed by atoms with Crippen LogP contribution in [0.4, 0.5) is 4.39 Å². The zero-order chi connectivity index (χ0) is 20.6. The number of benzene rings is 1. The van der Waals surface area contributed by atoms with E-state index in [9.17, 15) is 24.3 Å². The summed E-state index contributed by atoms with van der Waals surface area (Å²) in [6, 6.07) is 6.87. The highest BCUT2D eigenvalue weighted by molar-refractivity contribution is 6.46. The first-order valence-electron chi connectivity index (χ1n) is 7.54. The number of nitrogens with one attached hydrogen (secondary N) is 1. The zero-order valence-corrected chi connectivity index (χ0v) is 15.2. The van der Waals surface area contributed by atoms with Crippen LogP contribution in [0.25, 0.3) is 16.6 Å². The van der Waals surface area contributed by atoms with Crippen molar-refractivity contribution in [1.29, 1.82) is 5.26 Å². The zero-order valence-electron chi connectivity index (χ0n) is 13.7. The van der Waals surface area contributed by atoms with Gasteiger partial charge in [-0.15, -0.1) is 0 Å². The topological polar surface area (TPSA) is 128 Å². The maximum absolute atomic E-state index is 13.2. The minimum Gasteiger partial charge on any atom is -0.505 e. The lowest BCUT2D eigenvalue weighted by Gasteiger charge is -2.10. The van der Waals surface area contributed by atoms with Crippen LogP contribution in [0.5, 0.6) is 5.75 Å². The molecule has 0 aliphatic heterocycles. The Bertz CT molecular complexity index is 1170. The quantitative estimate of drug-likeness (QED) is 0.592. The molecule has 0 saturated carbocycles. The smallest absolute Gasteiger partial charge is 0.322 e. The van der Waals surface area contributed by atoms with Gasteiger partial charge in [-0.3, -0.25) is 14.2 Å². The SMILES string of the molecule is N#Cc1nc(C(=O)NCC(=O)O)c(O)c2c(Cl)c(Cl)n(-c3ccc(F)cc3)c12. The highest BCUT2D eigenvalue weighted by atomic mass is 35.5. The highest BCUT2D eigenvalue weighted by Gasteiger charge is 2.27. The van der Waals surface area contributed by atoms with Crippen LogP contribution in [-0.4, -0.2) is 38.2 Å². The second-order valence-electron chi connectivity index (χ2n) is 5.49. The Morgan fingerprint density at radius 3 is 2.50 bits per heavy atom. The highest BCUT2D eigenvalue weighted by Crippen LogP contribution is 2.43. The van der Waals surface area contributed by atoms with Gasteiger partial charge in [0.15, 0.2) is 17.1 Å². The van der Waals surface area contributed by atoms with Gasteiger partial charge in [0.05, 0.1) is 15.9 Å². The number of rotatable bonds is 4. The van der Waals surface area contributed by atoms with Crippen molar-refractivity contribution < 1.29 is 24.2 Å². The molecule has 2 heterocycles. The number of aromatic hydroxyl groups is 1. The summed E-state index contributed by atoms with van der Waals surface area (Å²) in [5.41, 5.74) is -0.535. The number of aromatic nitrogens is 2. The number of nitriles is 1. The van der Waals surface area contributed by atoms with Crippen LogP contribution < -0.4 is 5.32 Å². The molecular formula is C17H9Cl2FN4O4. The Kier molecular flexibility index (Phi) is 5.09. The third-order valence-corrected chi connectivity index (χ3v) is 4.60. The molecule has 0 aliphatic rings. The molecule has 28 heavy (non-hydrogen) atoms. The van der Waals surface area contributed by atoms with Gasteiger partial charge in [0.2, 0.25) is 0 Å². The third-order valence-electron chi connectivity index (χ3n) is 3.77. The molecule has 3 aromatic rings. The maximum Gasteiger partial charge on any atom is 0.322 e. The fraction of sp³-hybridized carbons (Fsp3) is 0.0588. The number of carboxylic acids is 1. The molecule has 8 nitrogen and oxygen atoms in total. The van der Waals surface area contributed by atoms with Crippen LogP contribution in [0.15, 0.2) is 24.3 Å². The molecule has 0 radical (unpaired) electrons. The summed E-state index contributed by atoms with van der Waals surface area (Å²) in [6.07, 6.45) is 0. The summed E-state index contributed by atoms with van der Waals surface area (Å²) < 4.78 is 14.5. The lowest BCUT2D eigenvalue weighted by Crippen LogP contribution is -2.30. The average Bonchev–Trinajstić information content (AvgIpc) is 2.93. The number of aliphatic carboxylic acids is 1. The molecule has 0 bridgehead atoms. The molecule has 1 amide bonds. The van der Waals surface area contributed by atoms with E-state index < -0.39 is 35.7 Å². The molecule has 0 spiro atoms. The summed E-state index contributed by atoms with van der Waals surface area (Å²) >= 11 is 12.5. The number of carbonyl (C=O) groups excluding carboxylic acids is 1. The average molecular weight is 423 g/mol. The van der Waals surface area contributed by atoms with E-state index in [-0.39, 0.29) is 26.8 Å². The first-order valence-corrected chi connectivity index (χ1v) is 8.30. The largest absolute Gasteiger partial charge is 0.505 e. The van der Waals surface area contributed by atoms with E-state index in [1.807, 2.05) is 5.32 Å². The number of amides is 1. The van der Waals surface area contributed by atoms with Crippen molar-refractivity contribution in [2.45, 2.75) is 0 Å². The van der Waals surface area contributed by atoms with E-state index >= 15 is 0 Å². The summed E-state index contributed by atoms with van der Waals surface area (Å²) in [5, 5.41) is 30.3. The third kappa shape index (κ3) is 3.19. The van der Waals surface area contributed by atoms with E-state index in [0.29, 0.717) is 5.69 Å². The van der Waals surface area contributed by atoms with Gasteiger partial charge in [0.1, 0.15) is 23.6 Å². The van der Waals surface area contributed by atoms with Crippen molar-refractivity contribution in [2.75, 3.05) is 6.54 Å². The number of hydrogen-bond acceptors (Lipinski definition) is 5. The molecule has 3 rings (SSSR count). The Hall–Kier alpha value is -3.35. The predicted octanol–water partition coefficient (Wildman–Crippen LogP) is 2.86. The van der Waals surface area contributed by atoms with Gasteiger partial charge in [0.25, 0.3) is 5.91 Å². The Labute approximate surface area is 166 Å². The minimum atomic E-state index is -1.31. The van der Waals surface area contributed by atoms with Gasteiger partial charge in [-0.2, -0.15) is 5.26 Å². The van der Waals surface area contributed by atoms with Crippen LogP contribution in [-0.2, 0) is 4.79 Å². The lowest BCUT2D eigenvalue weighted by molar-refractivity contribution is -0.135. The number of hydrogen-bond donors (Lipinski definition) is 3. The normalized spacial score (nSPS) is 10.6. The van der Waals surface area contributed by atoms with Crippen LogP contribution in [0, 0.1) is 17.1 Å². The molecular weight excluding hydrogens is 414 g/mol. The van der Waals surface area contributed by atoms with Gasteiger partial charge in [-0.05, 0) is 24.3 Å². The molecule has 0 atom stereocenters. The molecule has 0 fully saturated rings. The van der Waals surface area contributed by atoms with Crippen LogP contribution >= 0.6 is 23.2 Å². The predicted molar refractivity (Wildman–Crippen MR) is 97.4 cm³/mol. The molecule has 0 saturated heterocycles. The van der Waals surface area contributed by atoms with E-state index in [0.717, 1.165) is 0 Å². The molecule has 142 valence electrons. The summed E-state index contributed by atoms with van der Waals surface area (Å²) in [5.74, 6) is -3.50. The number of carboxylic acid groups (broad SMARTS) is 1. The van der Waals surface area contributed by atoms with Crippen LogP contribution in [0.1, 0.15) is 16.2 Å². The molecule has 3 N–H and O–H groups in total. The first kappa shape index (κ1) is 19.4. The van der Waals surface area contributed by atoms with Crippen molar-refractivity contribution >= 4 is 46.0 Å². The van der Waals surface area contributed by atoms with Gasteiger partial charge >= 0.3 is 5.97 Å². The van der Waals surface area contributed by atoms with Crippen LogP contribution in [0.2, 0.25) is 10.2 Å². The van der Waals surface area contributed by atoms with Crippen molar-refractivity contribution in [3.63, 3.8) is 0 Å². The molecule has 1 aromatic carbocycles. The van der Waals surface area contributed by atoms with Gasteiger partial charge in [-0.25, -0.2) is 9.37 Å². The number of carbonyl (C=O) groups is 2. The molecule has 11 heteroatoms. The van der Waals surface area contributed by atoms with Crippen molar-refractivity contribution in [3.8, 4) is 17.5 Å².